The molecule has 7 nitrogen and oxygen atoms in total. The summed E-state index contributed by atoms with van der Waals surface area (Å²) >= 11 is 0. The van der Waals surface area contributed by atoms with Crippen LogP contribution >= 0.6 is 0 Å². The van der Waals surface area contributed by atoms with E-state index < -0.39 is 11.9 Å². The van der Waals surface area contributed by atoms with Crippen LogP contribution < -0.4 is 9.47 Å². The van der Waals surface area contributed by atoms with Crippen molar-refractivity contribution in [1.29, 1.82) is 0 Å². The molecule has 0 aromatic heterocycles. The zero-order valence-corrected chi connectivity index (χ0v) is 21.0. The number of carboxylic acid groups (broad SMARTS) is 1. The Morgan fingerprint density at radius 2 is 1.91 bits per heavy atom. The third kappa shape index (κ3) is 4.81. The number of hydrogen-bond acceptors (Lipinski definition) is 6. The molecule has 4 rings (SSSR count). The SMILES string of the molecule is CCOc1cc2c(c3c1OC(C)(C)C3)C(c1ccc(C=CC(=O)O)c(C(=O)OC)c1)=NC(C)(C)C2. The first-order valence-electron chi connectivity index (χ1n) is 11.7. The van der Waals surface area contributed by atoms with Gasteiger partial charge in [-0.15, -0.1) is 0 Å². The third-order valence-electron chi connectivity index (χ3n) is 6.12. The number of fused-ring (bicyclic) bond motifs is 3. The Kier molecular flexibility index (Phi) is 6.21. The van der Waals surface area contributed by atoms with E-state index in [-0.39, 0.29) is 16.7 Å². The number of carbonyl (C=O) groups is 2. The van der Waals surface area contributed by atoms with E-state index in [4.69, 9.17) is 24.3 Å². The van der Waals surface area contributed by atoms with Gasteiger partial charge in [-0.1, -0.05) is 12.1 Å². The summed E-state index contributed by atoms with van der Waals surface area (Å²) in [4.78, 5) is 28.7. The molecule has 0 radical (unpaired) electrons. The Balaban J connectivity index is 1.94. The molecule has 0 saturated carbocycles. The molecule has 0 atom stereocenters. The van der Waals surface area contributed by atoms with E-state index in [1.165, 1.54) is 13.2 Å². The lowest BCUT2D eigenvalue weighted by atomic mass is 9.80. The molecule has 2 heterocycles. The molecule has 2 aromatic carbocycles. The van der Waals surface area contributed by atoms with Crippen molar-refractivity contribution in [3.05, 3.63) is 63.7 Å². The number of methoxy groups -OCH3 is 1. The molecule has 0 spiro atoms. The molecule has 0 bridgehead atoms. The number of carbonyl (C=O) groups excluding carboxylic acids is 1. The monoisotopic (exact) mass is 477 g/mol. The molecule has 7 heteroatoms. The van der Waals surface area contributed by atoms with Gasteiger partial charge in [-0.05, 0) is 70.4 Å². The van der Waals surface area contributed by atoms with Crippen molar-refractivity contribution in [3.63, 3.8) is 0 Å². The fourth-order valence-electron chi connectivity index (χ4n) is 4.84. The van der Waals surface area contributed by atoms with Gasteiger partial charge >= 0.3 is 11.9 Å². The second-order valence-corrected chi connectivity index (χ2v) is 10.1. The van der Waals surface area contributed by atoms with Gasteiger partial charge in [0.25, 0.3) is 0 Å². The van der Waals surface area contributed by atoms with Crippen LogP contribution in [0.1, 0.15) is 72.8 Å². The molecule has 2 aliphatic heterocycles. The van der Waals surface area contributed by atoms with Crippen LogP contribution in [0.3, 0.4) is 0 Å². The van der Waals surface area contributed by atoms with Gasteiger partial charge in [-0.25, -0.2) is 9.59 Å². The number of hydrogen-bond donors (Lipinski definition) is 1. The number of aliphatic carboxylic acids is 1. The van der Waals surface area contributed by atoms with Crippen LogP contribution in [0, 0.1) is 0 Å². The molecule has 0 aliphatic carbocycles. The zero-order chi connectivity index (χ0) is 25.5. The molecule has 0 amide bonds. The van der Waals surface area contributed by atoms with Gasteiger partial charge < -0.3 is 19.3 Å². The lowest BCUT2D eigenvalue weighted by molar-refractivity contribution is -0.131. The minimum Gasteiger partial charge on any atom is -0.490 e. The molecule has 184 valence electrons. The first kappa shape index (κ1) is 24.5. The summed E-state index contributed by atoms with van der Waals surface area (Å²) in [7, 11) is 1.30. The van der Waals surface area contributed by atoms with Crippen molar-refractivity contribution in [2.24, 2.45) is 4.99 Å². The Bertz CT molecular complexity index is 1270. The van der Waals surface area contributed by atoms with Gasteiger partial charge in [0.15, 0.2) is 11.5 Å². The quantitative estimate of drug-likeness (QED) is 0.472. The molecule has 0 saturated heterocycles. The number of rotatable bonds is 6. The van der Waals surface area contributed by atoms with Crippen molar-refractivity contribution >= 4 is 23.7 Å². The number of benzene rings is 2. The highest BCUT2D eigenvalue weighted by Gasteiger charge is 2.40. The Hall–Kier alpha value is -3.61. The van der Waals surface area contributed by atoms with Crippen LogP contribution in [0.25, 0.3) is 6.08 Å². The third-order valence-corrected chi connectivity index (χ3v) is 6.12. The molecular weight excluding hydrogens is 446 g/mol. The van der Waals surface area contributed by atoms with Crippen molar-refractivity contribution in [3.8, 4) is 11.5 Å². The zero-order valence-electron chi connectivity index (χ0n) is 21.0. The minimum absolute atomic E-state index is 0.272. The maximum absolute atomic E-state index is 12.6. The number of aliphatic imine (C=N–C) groups is 1. The molecule has 2 aromatic rings. The van der Waals surface area contributed by atoms with E-state index >= 15 is 0 Å². The predicted octanol–water partition coefficient (Wildman–Crippen LogP) is 4.86. The van der Waals surface area contributed by atoms with Crippen LogP contribution in [0.4, 0.5) is 0 Å². The second-order valence-electron chi connectivity index (χ2n) is 10.1. The molecular formula is C28H31NO6. The van der Waals surface area contributed by atoms with E-state index in [0.717, 1.165) is 52.0 Å². The molecule has 2 aliphatic rings. The first-order valence-corrected chi connectivity index (χ1v) is 11.7. The van der Waals surface area contributed by atoms with E-state index in [0.29, 0.717) is 18.6 Å². The lowest BCUT2D eigenvalue weighted by Gasteiger charge is -2.31. The summed E-state index contributed by atoms with van der Waals surface area (Å²) in [6.45, 7) is 10.8. The summed E-state index contributed by atoms with van der Waals surface area (Å²) < 4.78 is 17.3. The van der Waals surface area contributed by atoms with Crippen LogP contribution in [0.2, 0.25) is 0 Å². The highest BCUT2D eigenvalue weighted by atomic mass is 16.5. The van der Waals surface area contributed by atoms with Crippen LogP contribution in [0.15, 0.2) is 35.3 Å². The van der Waals surface area contributed by atoms with E-state index in [2.05, 4.69) is 33.8 Å². The van der Waals surface area contributed by atoms with E-state index in [9.17, 15) is 9.59 Å². The maximum Gasteiger partial charge on any atom is 0.338 e. The van der Waals surface area contributed by atoms with Gasteiger partial charge in [0, 0.05) is 29.2 Å². The first-order chi connectivity index (χ1) is 16.4. The minimum atomic E-state index is -1.10. The predicted molar refractivity (Wildman–Crippen MR) is 134 cm³/mol. The fourth-order valence-corrected chi connectivity index (χ4v) is 4.84. The molecule has 0 fully saturated rings. The average molecular weight is 478 g/mol. The number of carboxylic acids is 1. The number of esters is 1. The maximum atomic E-state index is 12.6. The number of ether oxygens (including phenoxy) is 3. The largest absolute Gasteiger partial charge is 0.490 e. The van der Waals surface area contributed by atoms with Crippen molar-refractivity contribution in [1.82, 2.24) is 0 Å². The van der Waals surface area contributed by atoms with E-state index in [1.54, 1.807) is 12.1 Å². The van der Waals surface area contributed by atoms with Gasteiger partial charge in [0.05, 0.1) is 30.5 Å². The van der Waals surface area contributed by atoms with Gasteiger partial charge in [-0.2, -0.15) is 0 Å². The highest BCUT2D eigenvalue weighted by molar-refractivity contribution is 6.17. The Morgan fingerprint density at radius 3 is 2.57 bits per heavy atom. The van der Waals surface area contributed by atoms with Crippen LogP contribution in [0.5, 0.6) is 11.5 Å². The highest BCUT2D eigenvalue weighted by Crippen LogP contribution is 2.48. The van der Waals surface area contributed by atoms with Crippen LogP contribution in [-0.2, 0) is 22.4 Å². The summed E-state index contributed by atoms with van der Waals surface area (Å²) in [5.41, 5.74) is 4.69. The number of nitrogens with zero attached hydrogens (tertiary/aromatic N) is 1. The summed E-state index contributed by atoms with van der Waals surface area (Å²) in [6, 6.07) is 7.36. The standard InChI is InChI=1S/C28H31NO6/c1-7-34-21-13-18-14-27(2,3)29-24(23(18)20-15-28(4,5)35-25(20)21)17-9-8-16(10-11-22(30)31)19(12-17)26(32)33-6/h8-13H,7,14-15H2,1-6H3,(H,30,31). The van der Waals surface area contributed by atoms with E-state index in [1.807, 2.05) is 13.0 Å². The summed E-state index contributed by atoms with van der Waals surface area (Å²) in [5.74, 6) is -0.153. The summed E-state index contributed by atoms with van der Waals surface area (Å²) in [5, 5.41) is 9.04. The molecule has 0 unspecified atom stereocenters. The second kappa shape index (κ2) is 8.87. The van der Waals surface area contributed by atoms with Gasteiger partial charge in [-0.3, -0.25) is 4.99 Å². The fraction of sp³-hybridized carbons (Fsp3) is 0.393. The van der Waals surface area contributed by atoms with Gasteiger partial charge in [0.1, 0.15) is 5.60 Å². The van der Waals surface area contributed by atoms with Crippen molar-refractivity contribution in [2.75, 3.05) is 13.7 Å². The Labute approximate surface area is 205 Å². The molecule has 1 N–H and O–H groups in total. The Morgan fingerprint density at radius 1 is 1.17 bits per heavy atom. The molecule has 35 heavy (non-hydrogen) atoms. The van der Waals surface area contributed by atoms with Crippen LogP contribution in [-0.4, -0.2) is 47.6 Å². The summed E-state index contributed by atoms with van der Waals surface area (Å²) in [6.07, 6.45) is 3.83. The van der Waals surface area contributed by atoms with Crippen molar-refractivity contribution < 1.29 is 28.9 Å². The smallest absolute Gasteiger partial charge is 0.338 e. The van der Waals surface area contributed by atoms with Crippen molar-refractivity contribution in [2.45, 2.75) is 58.6 Å². The normalized spacial score (nSPS) is 17.3. The lowest BCUT2D eigenvalue weighted by Crippen LogP contribution is -2.31. The van der Waals surface area contributed by atoms with Gasteiger partial charge in [0.2, 0.25) is 0 Å². The average Bonchev–Trinajstić information content (AvgIpc) is 3.11. The topological polar surface area (TPSA) is 94.4 Å².